The molecule has 1 aliphatic rings. The second kappa shape index (κ2) is 9.77. The Balaban J connectivity index is 2.21. The van der Waals surface area contributed by atoms with E-state index >= 15 is 0 Å². The number of amides is 1. The van der Waals surface area contributed by atoms with Crippen LogP contribution in [0.5, 0.6) is 0 Å². The first-order chi connectivity index (χ1) is 16.0. The summed E-state index contributed by atoms with van der Waals surface area (Å²) in [6, 6.07) is 6.48. The lowest BCUT2D eigenvalue weighted by molar-refractivity contribution is -0.154. The van der Waals surface area contributed by atoms with Crippen LogP contribution >= 0.6 is 11.3 Å². The minimum Gasteiger partial charge on any atom is -0.469 e. The summed E-state index contributed by atoms with van der Waals surface area (Å²) < 4.78 is 49.3. The van der Waals surface area contributed by atoms with Gasteiger partial charge in [0.15, 0.2) is 0 Å². The number of ether oxygens (including phenoxy) is 2. The highest BCUT2D eigenvalue weighted by molar-refractivity contribution is 7.10. The fourth-order valence-corrected chi connectivity index (χ4v) is 5.62. The van der Waals surface area contributed by atoms with E-state index < -0.39 is 47.1 Å². The Morgan fingerprint density at radius 2 is 1.76 bits per heavy atom. The molecule has 0 N–H and O–H groups in total. The molecule has 10 heteroatoms. The number of methoxy groups -OCH3 is 2. The number of likely N-dealkylation sites (tertiary alicyclic amines) is 1. The molecule has 2 aromatic rings. The van der Waals surface area contributed by atoms with E-state index in [1.807, 2.05) is 13.8 Å². The molecule has 0 spiro atoms. The van der Waals surface area contributed by atoms with Crippen LogP contribution in [-0.4, -0.2) is 42.5 Å². The number of halogens is 3. The van der Waals surface area contributed by atoms with Crippen molar-refractivity contribution in [2.45, 2.75) is 44.4 Å². The average Bonchev–Trinajstić information content (AvgIpc) is 3.43. The Morgan fingerprint density at radius 3 is 2.24 bits per heavy atom. The number of benzene rings is 1. The van der Waals surface area contributed by atoms with Gasteiger partial charge in [0.05, 0.1) is 31.7 Å². The zero-order chi connectivity index (χ0) is 25.3. The van der Waals surface area contributed by atoms with Gasteiger partial charge in [0.25, 0.3) is 5.91 Å². The van der Waals surface area contributed by atoms with Crippen molar-refractivity contribution in [2.75, 3.05) is 14.2 Å². The van der Waals surface area contributed by atoms with Crippen LogP contribution < -0.4 is 0 Å². The molecule has 1 amide bonds. The van der Waals surface area contributed by atoms with Gasteiger partial charge in [-0.2, -0.15) is 13.2 Å². The van der Waals surface area contributed by atoms with Gasteiger partial charge in [-0.15, -0.1) is 11.3 Å². The van der Waals surface area contributed by atoms with Crippen molar-refractivity contribution in [3.05, 3.63) is 57.8 Å². The summed E-state index contributed by atoms with van der Waals surface area (Å²) in [5.41, 5.74) is -2.43. The largest absolute Gasteiger partial charge is 0.469 e. The summed E-state index contributed by atoms with van der Waals surface area (Å²) in [5.74, 6) is -2.86. The van der Waals surface area contributed by atoms with E-state index in [1.54, 1.807) is 17.5 Å². The predicted octanol–water partition coefficient (Wildman–Crippen LogP) is 5.10. The fourth-order valence-electron chi connectivity index (χ4n) is 4.74. The van der Waals surface area contributed by atoms with Crippen LogP contribution in [0.15, 0.2) is 41.8 Å². The maximum atomic E-state index is 13.9. The molecule has 1 aromatic carbocycles. The van der Waals surface area contributed by atoms with E-state index in [4.69, 9.17) is 9.47 Å². The van der Waals surface area contributed by atoms with Gasteiger partial charge in [-0.25, -0.2) is 4.79 Å². The first-order valence-corrected chi connectivity index (χ1v) is 11.5. The molecule has 6 nitrogen and oxygen atoms in total. The van der Waals surface area contributed by atoms with Gasteiger partial charge < -0.3 is 14.4 Å². The maximum Gasteiger partial charge on any atom is 0.416 e. The number of carbonyl (C=O) groups excluding carboxylic acids is 3. The molecule has 0 radical (unpaired) electrons. The third-order valence-electron chi connectivity index (χ3n) is 6.01. The summed E-state index contributed by atoms with van der Waals surface area (Å²) in [4.78, 5) is 42.0. The Kier molecular flexibility index (Phi) is 7.40. The second-order valence-electron chi connectivity index (χ2n) is 8.67. The molecule has 34 heavy (non-hydrogen) atoms. The number of carbonyl (C=O) groups is 3. The van der Waals surface area contributed by atoms with Crippen molar-refractivity contribution in [2.24, 2.45) is 11.8 Å². The van der Waals surface area contributed by atoms with Crippen molar-refractivity contribution >= 4 is 29.2 Å². The molecule has 0 aliphatic carbocycles. The van der Waals surface area contributed by atoms with Crippen LogP contribution in [0.4, 0.5) is 13.2 Å². The number of nitrogens with zero attached hydrogens (tertiary/aromatic N) is 1. The second-order valence-corrected chi connectivity index (χ2v) is 9.64. The first-order valence-electron chi connectivity index (χ1n) is 10.7. The normalized spacial score (nSPS) is 22.6. The Labute approximate surface area is 199 Å². The molecule has 1 aromatic heterocycles. The third kappa shape index (κ3) is 4.68. The minimum atomic E-state index is -4.56. The lowest BCUT2D eigenvalue weighted by Crippen LogP contribution is -2.55. The molecule has 0 bridgehead atoms. The highest BCUT2D eigenvalue weighted by Crippen LogP contribution is 2.52. The highest BCUT2D eigenvalue weighted by atomic mass is 32.1. The zero-order valence-electron chi connectivity index (χ0n) is 19.2. The van der Waals surface area contributed by atoms with E-state index in [2.05, 4.69) is 0 Å². The summed E-state index contributed by atoms with van der Waals surface area (Å²) in [6.45, 7) is 3.74. The number of thiophene rings is 1. The quantitative estimate of drug-likeness (QED) is 0.519. The monoisotopic (exact) mass is 497 g/mol. The molecular weight excluding hydrogens is 471 g/mol. The molecular formula is C24H26F3NO5S. The van der Waals surface area contributed by atoms with Gasteiger partial charge in [-0.3, -0.25) is 9.59 Å². The lowest BCUT2D eigenvalue weighted by Gasteiger charge is -2.40. The summed E-state index contributed by atoms with van der Waals surface area (Å²) in [6.07, 6.45) is -4.39. The lowest BCUT2D eigenvalue weighted by atomic mass is 9.83. The predicted molar refractivity (Wildman–Crippen MR) is 119 cm³/mol. The van der Waals surface area contributed by atoms with Gasteiger partial charge in [-0.1, -0.05) is 19.9 Å². The molecule has 1 aliphatic heterocycles. The zero-order valence-corrected chi connectivity index (χ0v) is 20.0. The van der Waals surface area contributed by atoms with Gasteiger partial charge in [0, 0.05) is 10.4 Å². The molecule has 184 valence electrons. The van der Waals surface area contributed by atoms with Gasteiger partial charge in [-0.05, 0) is 54.5 Å². The van der Waals surface area contributed by atoms with Gasteiger partial charge >= 0.3 is 18.1 Å². The van der Waals surface area contributed by atoms with E-state index in [1.165, 1.54) is 30.5 Å². The fraction of sp³-hybridized carbons (Fsp3) is 0.458. The molecule has 3 atom stereocenters. The van der Waals surface area contributed by atoms with Gasteiger partial charge in [0.2, 0.25) is 0 Å². The first kappa shape index (κ1) is 25.7. The summed E-state index contributed by atoms with van der Waals surface area (Å²) >= 11 is 1.31. The van der Waals surface area contributed by atoms with Crippen molar-refractivity contribution in [3.63, 3.8) is 0 Å². The van der Waals surface area contributed by atoms with E-state index in [0.717, 1.165) is 24.3 Å². The number of hydrogen-bond acceptors (Lipinski definition) is 6. The van der Waals surface area contributed by atoms with E-state index in [-0.39, 0.29) is 24.3 Å². The molecule has 1 saturated heterocycles. The van der Waals surface area contributed by atoms with Crippen LogP contribution in [0.25, 0.3) is 0 Å². The van der Waals surface area contributed by atoms with Crippen LogP contribution in [0, 0.1) is 11.8 Å². The smallest absolute Gasteiger partial charge is 0.416 e. The Hall–Kier alpha value is -2.88. The molecule has 0 saturated carbocycles. The number of esters is 2. The van der Waals surface area contributed by atoms with E-state index in [9.17, 15) is 27.6 Å². The highest BCUT2D eigenvalue weighted by Gasteiger charge is 2.61. The van der Waals surface area contributed by atoms with Crippen LogP contribution in [-0.2, 0) is 25.2 Å². The average molecular weight is 498 g/mol. The Morgan fingerprint density at radius 1 is 1.12 bits per heavy atom. The molecule has 1 fully saturated rings. The molecule has 2 heterocycles. The van der Waals surface area contributed by atoms with E-state index in [0.29, 0.717) is 4.88 Å². The SMILES string of the molecule is COC(=O)[C@H]1C[C@@](CC(C)C)(C(=O)OC)N(C(=O)c2ccc(C(F)(F)F)cc2)[C@H]1c1cccs1. The van der Waals surface area contributed by atoms with Crippen molar-refractivity contribution in [3.8, 4) is 0 Å². The topological polar surface area (TPSA) is 72.9 Å². The summed E-state index contributed by atoms with van der Waals surface area (Å²) in [5, 5.41) is 1.78. The number of rotatable bonds is 6. The maximum absolute atomic E-state index is 13.9. The van der Waals surface area contributed by atoms with Gasteiger partial charge in [0.1, 0.15) is 5.54 Å². The van der Waals surface area contributed by atoms with Crippen LogP contribution in [0.2, 0.25) is 0 Å². The van der Waals surface area contributed by atoms with Crippen molar-refractivity contribution < 1.29 is 37.0 Å². The standard InChI is InChI=1S/C24H26F3NO5S/c1-14(2)12-23(22(31)33-4)13-17(21(30)32-3)19(18-6-5-11-34-18)28(23)20(29)15-7-9-16(10-8-15)24(25,26)27/h5-11,14,17,19H,12-13H2,1-4H3/t17-,19+,23-/m0/s1. The number of alkyl halides is 3. The van der Waals surface area contributed by atoms with Crippen LogP contribution in [0.1, 0.15) is 53.5 Å². The van der Waals surface area contributed by atoms with Crippen LogP contribution in [0.3, 0.4) is 0 Å². The van der Waals surface area contributed by atoms with Crippen molar-refractivity contribution in [1.29, 1.82) is 0 Å². The number of hydrogen-bond donors (Lipinski definition) is 0. The molecule has 3 rings (SSSR count). The third-order valence-corrected chi connectivity index (χ3v) is 6.95. The van der Waals surface area contributed by atoms with Crippen molar-refractivity contribution in [1.82, 2.24) is 4.90 Å². The Bertz CT molecular complexity index is 1040. The molecule has 0 unspecified atom stereocenters. The summed E-state index contributed by atoms with van der Waals surface area (Å²) in [7, 11) is 2.44. The minimum absolute atomic E-state index is 0.0283.